The van der Waals surface area contributed by atoms with Gasteiger partial charge in [-0.25, -0.2) is 9.78 Å². The predicted octanol–water partition coefficient (Wildman–Crippen LogP) is 0.689. The van der Waals surface area contributed by atoms with Crippen molar-refractivity contribution in [1.82, 2.24) is 24.0 Å². The molecule has 2 atom stereocenters. The van der Waals surface area contributed by atoms with Gasteiger partial charge in [-0.15, -0.1) is 0 Å². The number of nitrogens with zero attached hydrogens (tertiary/aromatic N) is 4. The van der Waals surface area contributed by atoms with Crippen molar-refractivity contribution in [2.24, 2.45) is 13.0 Å². The van der Waals surface area contributed by atoms with Crippen molar-refractivity contribution in [2.75, 3.05) is 13.1 Å². The Morgan fingerprint density at radius 1 is 1.24 bits per heavy atom. The molecule has 25 heavy (non-hydrogen) atoms. The number of ether oxygens (including phenoxy) is 1. The summed E-state index contributed by atoms with van der Waals surface area (Å²) >= 11 is 0. The fourth-order valence-electron chi connectivity index (χ4n) is 3.58. The van der Waals surface area contributed by atoms with Crippen LogP contribution in [0.25, 0.3) is 11.2 Å². The van der Waals surface area contributed by atoms with Crippen LogP contribution >= 0.6 is 0 Å². The maximum absolute atomic E-state index is 12.4. The van der Waals surface area contributed by atoms with E-state index in [0.717, 1.165) is 18.9 Å². The molecule has 0 aromatic carbocycles. The van der Waals surface area contributed by atoms with Crippen LogP contribution in [-0.2, 0) is 24.9 Å². The van der Waals surface area contributed by atoms with Crippen LogP contribution in [0, 0.1) is 5.92 Å². The van der Waals surface area contributed by atoms with Gasteiger partial charge in [-0.05, 0) is 19.8 Å². The van der Waals surface area contributed by atoms with Gasteiger partial charge in [0.25, 0.3) is 5.56 Å². The molecule has 2 unspecified atom stereocenters. The number of nitrogens with one attached hydrogen (secondary N) is 1. The highest BCUT2D eigenvalue weighted by molar-refractivity contribution is 5.70. The number of morpholine rings is 1. The minimum Gasteiger partial charge on any atom is -0.373 e. The third-order valence-corrected chi connectivity index (χ3v) is 4.49. The molecule has 0 saturated carbocycles. The van der Waals surface area contributed by atoms with Crippen LogP contribution in [0.3, 0.4) is 0 Å². The molecule has 138 valence electrons. The van der Waals surface area contributed by atoms with Crippen molar-refractivity contribution in [3.63, 3.8) is 0 Å². The summed E-state index contributed by atoms with van der Waals surface area (Å²) in [6.07, 6.45) is 0.332. The second kappa shape index (κ2) is 6.76. The van der Waals surface area contributed by atoms with Crippen molar-refractivity contribution in [1.29, 1.82) is 0 Å². The standard InChI is InChI=1S/C17H27N5O3/c1-10(2)6-22-13(9-21-7-11(3)25-12(4)8-21)18-15-14(22)16(23)19-17(24)20(15)5/h10-12H,6-9H2,1-5H3,(H,19,23,24). The molecule has 8 heteroatoms. The van der Waals surface area contributed by atoms with Gasteiger partial charge < -0.3 is 9.30 Å². The van der Waals surface area contributed by atoms with Gasteiger partial charge in [-0.1, -0.05) is 13.8 Å². The van der Waals surface area contributed by atoms with Crippen LogP contribution < -0.4 is 11.2 Å². The van der Waals surface area contributed by atoms with E-state index in [-0.39, 0.29) is 17.8 Å². The molecule has 0 radical (unpaired) electrons. The molecule has 0 spiro atoms. The van der Waals surface area contributed by atoms with E-state index >= 15 is 0 Å². The van der Waals surface area contributed by atoms with E-state index in [1.807, 2.05) is 4.57 Å². The highest BCUT2D eigenvalue weighted by Crippen LogP contribution is 2.18. The lowest BCUT2D eigenvalue weighted by atomic mass is 10.2. The number of hydrogen-bond acceptors (Lipinski definition) is 5. The first-order chi connectivity index (χ1) is 11.8. The second-order valence-electron chi connectivity index (χ2n) is 7.47. The van der Waals surface area contributed by atoms with E-state index in [1.54, 1.807) is 7.05 Å². The first-order valence-electron chi connectivity index (χ1n) is 8.82. The molecule has 3 rings (SSSR count). The molecule has 1 fully saturated rings. The Morgan fingerprint density at radius 2 is 1.88 bits per heavy atom. The molecular weight excluding hydrogens is 322 g/mol. The highest BCUT2D eigenvalue weighted by atomic mass is 16.5. The van der Waals surface area contributed by atoms with Gasteiger partial charge in [-0.3, -0.25) is 19.2 Å². The Hall–Kier alpha value is -1.93. The molecule has 8 nitrogen and oxygen atoms in total. The quantitative estimate of drug-likeness (QED) is 0.878. The topological polar surface area (TPSA) is 85.2 Å². The molecule has 0 aliphatic carbocycles. The molecule has 1 aliphatic rings. The predicted molar refractivity (Wildman–Crippen MR) is 95.7 cm³/mol. The number of fused-ring (bicyclic) bond motifs is 1. The van der Waals surface area contributed by atoms with Crippen molar-refractivity contribution in [3.8, 4) is 0 Å². The lowest BCUT2D eigenvalue weighted by molar-refractivity contribution is -0.0712. The van der Waals surface area contributed by atoms with Gasteiger partial charge in [0.1, 0.15) is 5.82 Å². The average Bonchev–Trinajstić information content (AvgIpc) is 2.82. The maximum atomic E-state index is 12.4. The number of imidazole rings is 1. The Morgan fingerprint density at radius 3 is 2.48 bits per heavy atom. The van der Waals surface area contributed by atoms with E-state index in [2.05, 4.69) is 42.6 Å². The third-order valence-electron chi connectivity index (χ3n) is 4.49. The summed E-state index contributed by atoms with van der Waals surface area (Å²) in [5.41, 5.74) is 0.104. The Balaban J connectivity index is 2.07. The highest BCUT2D eigenvalue weighted by Gasteiger charge is 2.25. The third kappa shape index (κ3) is 3.55. The molecule has 1 N–H and O–H groups in total. The smallest absolute Gasteiger partial charge is 0.329 e. The fraction of sp³-hybridized carbons (Fsp3) is 0.706. The molecule has 0 amide bonds. The summed E-state index contributed by atoms with van der Waals surface area (Å²) in [5, 5.41) is 0. The molecule has 0 bridgehead atoms. The fourth-order valence-corrected chi connectivity index (χ4v) is 3.58. The van der Waals surface area contributed by atoms with Crippen molar-refractivity contribution >= 4 is 11.2 Å². The van der Waals surface area contributed by atoms with Crippen LogP contribution in [0.2, 0.25) is 0 Å². The van der Waals surface area contributed by atoms with Crippen molar-refractivity contribution in [3.05, 3.63) is 26.7 Å². The molecule has 2 aromatic heterocycles. The van der Waals surface area contributed by atoms with Gasteiger partial charge >= 0.3 is 5.69 Å². The summed E-state index contributed by atoms with van der Waals surface area (Å²) in [7, 11) is 1.63. The van der Waals surface area contributed by atoms with E-state index in [1.165, 1.54) is 4.57 Å². The lowest BCUT2D eigenvalue weighted by Gasteiger charge is -2.35. The lowest BCUT2D eigenvalue weighted by Crippen LogP contribution is -2.45. The van der Waals surface area contributed by atoms with Gasteiger partial charge in [0, 0.05) is 26.7 Å². The van der Waals surface area contributed by atoms with E-state index in [0.29, 0.717) is 30.2 Å². The van der Waals surface area contributed by atoms with Crippen LogP contribution in [-0.4, -0.2) is 49.3 Å². The minimum atomic E-state index is -0.438. The summed E-state index contributed by atoms with van der Waals surface area (Å²) in [4.78, 5) is 33.6. The first-order valence-corrected chi connectivity index (χ1v) is 8.82. The summed E-state index contributed by atoms with van der Waals surface area (Å²) in [5.74, 6) is 1.17. The second-order valence-corrected chi connectivity index (χ2v) is 7.47. The van der Waals surface area contributed by atoms with Crippen LogP contribution in [0.4, 0.5) is 0 Å². The Bertz CT molecular complexity index is 869. The number of aromatic nitrogens is 4. The number of aromatic amines is 1. The Labute approximate surface area is 146 Å². The number of aryl methyl sites for hydroxylation is 1. The van der Waals surface area contributed by atoms with E-state index in [9.17, 15) is 9.59 Å². The van der Waals surface area contributed by atoms with Crippen molar-refractivity contribution < 1.29 is 4.74 Å². The number of hydrogen-bond donors (Lipinski definition) is 1. The van der Waals surface area contributed by atoms with Gasteiger partial charge in [0.2, 0.25) is 0 Å². The zero-order chi connectivity index (χ0) is 18.3. The molecule has 1 aliphatic heterocycles. The zero-order valence-corrected chi connectivity index (χ0v) is 15.6. The van der Waals surface area contributed by atoms with Gasteiger partial charge in [0.05, 0.1) is 18.8 Å². The first kappa shape index (κ1) is 17.9. The van der Waals surface area contributed by atoms with Gasteiger partial charge in [-0.2, -0.15) is 0 Å². The van der Waals surface area contributed by atoms with E-state index in [4.69, 9.17) is 4.74 Å². The Kier molecular flexibility index (Phi) is 4.83. The number of rotatable bonds is 4. The van der Waals surface area contributed by atoms with E-state index < -0.39 is 5.69 Å². The molecule has 2 aromatic rings. The largest absolute Gasteiger partial charge is 0.373 e. The monoisotopic (exact) mass is 349 g/mol. The van der Waals surface area contributed by atoms with Crippen molar-refractivity contribution in [2.45, 2.75) is 53.0 Å². The summed E-state index contributed by atoms with van der Waals surface area (Å²) in [6, 6.07) is 0. The zero-order valence-electron chi connectivity index (χ0n) is 15.6. The maximum Gasteiger partial charge on any atom is 0.329 e. The molecular formula is C17H27N5O3. The van der Waals surface area contributed by atoms with Crippen LogP contribution in [0.1, 0.15) is 33.5 Å². The molecule has 1 saturated heterocycles. The van der Waals surface area contributed by atoms with Crippen LogP contribution in [0.15, 0.2) is 9.59 Å². The summed E-state index contributed by atoms with van der Waals surface area (Å²) < 4.78 is 9.16. The summed E-state index contributed by atoms with van der Waals surface area (Å²) in [6.45, 7) is 11.3. The van der Waals surface area contributed by atoms with Gasteiger partial charge in [0.15, 0.2) is 11.2 Å². The molecule has 3 heterocycles. The minimum absolute atomic E-state index is 0.166. The average molecular weight is 349 g/mol. The number of H-pyrrole nitrogens is 1. The van der Waals surface area contributed by atoms with Crippen LogP contribution in [0.5, 0.6) is 0 Å². The normalized spacial score (nSPS) is 22.2. The SMILES string of the molecule is CC(C)Cn1c(CN2CC(C)OC(C)C2)nc2c1c(=O)[nH]c(=O)n2C.